The van der Waals surface area contributed by atoms with Crippen LogP contribution in [0.1, 0.15) is 12.3 Å². The molecule has 0 spiro atoms. The second kappa shape index (κ2) is 8.04. The standard InChI is InChI=1S/C18H13BrCl2N2O2/c19-12-3-1-11(2-4-12)16-10-22-18(25-16)6-5-17(24)23-15-8-13(20)7-14(21)9-15/h1-4,7-10H,5-6H2,(H,23,24). The Kier molecular flexibility index (Phi) is 5.78. The zero-order chi connectivity index (χ0) is 17.8. The molecule has 0 aliphatic rings. The van der Waals surface area contributed by atoms with E-state index in [1.165, 1.54) is 0 Å². The third-order valence-corrected chi connectivity index (χ3v) is 4.36. The van der Waals surface area contributed by atoms with Crippen LogP contribution in [0.4, 0.5) is 5.69 Å². The Balaban J connectivity index is 1.58. The summed E-state index contributed by atoms with van der Waals surface area (Å²) in [5.74, 6) is 1.02. The Morgan fingerprint density at radius 1 is 1.12 bits per heavy atom. The Morgan fingerprint density at radius 2 is 1.80 bits per heavy atom. The van der Waals surface area contributed by atoms with Gasteiger partial charge in [-0.1, -0.05) is 51.3 Å². The number of anilines is 1. The first-order valence-corrected chi connectivity index (χ1v) is 9.01. The molecule has 0 saturated carbocycles. The third-order valence-electron chi connectivity index (χ3n) is 3.39. The van der Waals surface area contributed by atoms with Crippen molar-refractivity contribution < 1.29 is 9.21 Å². The second-order valence-electron chi connectivity index (χ2n) is 5.33. The maximum atomic E-state index is 12.1. The highest BCUT2D eigenvalue weighted by molar-refractivity contribution is 9.10. The van der Waals surface area contributed by atoms with Crippen molar-refractivity contribution in [3.05, 3.63) is 69.1 Å². The van der Waals surface area contributed by atoms with Crippen molar-refractivity contribution >= 4 is 50.7 Å². The number of aryl methyl sites for hydroxylation is 1. The third kappa shape index (κ3) is 5.08. The van der Waals surface area contributed by atoms with Crippen molar-refractivity contribution in [2.45, 2.75) is 12.8 Å². The average molecular weight is 440 g/mol. The molecule has 25 heavy (non-hydrogen) atoms. The van der Waals surface area contributed by atoms with Gasteiger partial charge in [-0.25, -0.2) is 4.98 Å². The highest BCUT2D eigenvalue weighted by Gasteiger charge is 2.10. The van der Waals surface area contributed by atoms with Gasteiger partial charge in [0.05, 0.1) is 6.20 Å². The molecule has 1 aromatic heterocycles. The van der Waals surface area contributed by atoms with Gasteiger partial charge in [-0.2, -0.15) is 0 Å². The fourth-order valence-electron chi connectivity index (χ4n) is 2.24. The summed E-state index contributed by atoms with van der Waals surface area (Å²) in [5.41, 5.74) is 1.49. The van der Waals surface area contributed by atoms with Gasteiger partial charge in [0.15, 0.2) is 11.7 Å². The lowest BCUT2D eigenvalue weighted by Gasteiger charge is -2.05. The summed E-state index contributed by atoms with van der Waals surface area (Å²) < 4.78 is 6.69. The normalized spacial score (nSPS) is 10.7. The average Bonchev–Trinajstić information content (AvgIpc) is 3.01. The van der Waals surface area contributed by atoms with Crippen LogP contribution < -0.4 is 5.32 Å². The van der Waals surface area contributed by atoms with Crippen molar-refractivity contribution in [2.75, 3.05) is 5.32 Å². The van der Waals surface area contributed by atoms with E-state index in [4.69, 9.17) is 27.6 Å². The molecule has 1 heterocycles. The summed E-state index contributed by atoms with van der Waals surface area (Å²) in [6, 6.07) is 12.6. The molecule has 0 aliphatic heterocycles. The van der Waals surface area contributed by atoms with E-state index in [1.54, 1.807) is 24.4 Å². The minimum Gasteiger partial charge on any atom is -0.441 e. The molecule has 0 atom stereocenters. The van der Waals surface area contributed by atoms with Crippen LogP contribution in [-0.4, -0.2) is 10.9 Å². The second-order valence-corrected chi connectivity index (χ2v) is 7.12. The number of carbonyl (C=O) groups is 1. The molecule has 3 aromatic rings. The fraction of sp³-hybridized carbons (Fsp3) is 0.111. The van der Waals surface area contributed by atoms with Crippen LogP contribution >= 0.6 is 39.1 Å². The Hall–Kier alpha value is -1.82. The van der Waals surface area contributed by atoms with Crippen LogP contribution in [0.5, 0.6) is 0 Å². The van der Waals surface area contributed by atoms with Gasteiger partial charge in [-0.15, -0.1) is 0 Å². The first-order valence-electron chi connectivity index (χ1n) is 7.46. The van der Waals surface area contributed by atoms with Gasteiger partial charge in [0, 0.05) is 38.6 Å². The topological polar surface area (TPSA) is 55.1 Å². The summed E-state index contributed by atoms with van der Waals surface area (Å²) in [5, 5.41) is 3.69. The minimum atomic E-state index is -0.165. The highest BCUT2D eigenvalue weighted by Crippen LogP contribution is 2.24. The molecule has 2 aromatic carbocycles. The van der Waals surface area contributed by atoms with Gasteiger partial charge in [0.25, 0.3) is 0 Å². The summed E-state index contributed by atoms with van der Waals surface area (Å²) in [6.07, 6.45) is 2.30. The predicted octanol–water partition coefficient (Wildman–Crippen LogP) is 5.98. The zero-order valence-corrected chi connectivity index (χ0v) is 16.0. The molecular weight excluding hydrogens is 427 g/mol. The molecule has 1 N–H and O–H groups in total. The van der Waals surface area contributed by atoms with E-state index >= 15 is 0 Å². The van der Waals surface area contributed by atoms with E-state index in [0.29, 0.717) is 33.8 Å². The number of hydrogen-bond donors (Lipinski definition) is 1. The van der Waals surface area contributed by atoms with E-state index in [0.717, 1.165) is 10.0 Å². The fourth-order valence-corrected chi connectivity index (χ4v) is 3.03. The number of oxazole rings is 1. The molecule has 0 fully saturated rings. The Bertz CT molecular complexity index is 874. The molecule has 0 saturated heterocycles. The predicted molar refractivity (Wildman–Crippen MR) is 103 cm³/mol. The summed E-state index contributed by atoms with van der Waals surface area (Å²) in [4.78, 5) is 16.3. The largest absolute Gasteiger partial charge is 0.441 e. The number of amides is 1. The number of nitrogens with zero attached hydrogens (tertiary/aromatic N) is 1. The summed E-state index contributed by atoms with van der Waals surface area (Å²) in [6.45, 7) is 0. The van der Waals surface area contributed by atoms with Crippen LogP contribution in [0.15, 0.2) is 57.6 Å². The number of nitrogens with one attached hydrogen (secondary N) is 1. The van der Waals surface area contributed by atoms with Crippen molar-refractivity contribution in [1.82, 2.24) is 4.98 Å². The molecule has 0 unspecified atom stereocenters. The molecule has 128 valence electrons. The first kappa shape index (κ1) is 18.0. The van der Waals surface area contributed by atoms with Gasteiger partial charge in [0.2, 0.25) is 5.91 Å². The molecule has 4 nitrogen and oxygen atoms in total. The van der Waals surface area contributed by atoms with Crippen molar-refractivity contribution in [3.8, 4) is 11.3 Å². The van der Waals surface area contributed by atoms with E-state index in [1.807, 2.05) is 24.3 Å². The van der Waals surface area contributed by atoms with E-state index < -0.39 is 0 Å². The van der Waals surface area contributed by atoms with Gasteiger partial charge in [-0.05, 0) is 30.3 Å². The Morgan fingerprint density at radius 3 is 2.48 bits per heavy atom. The van der Waals surface area contributed by atoms with Crippen molar-refractivity contribution in [2.24, 2.45) is 0 Å². The van der Waals surface area contributed by atoms with Crippen molar-refractivity contribution in [3.63, 3.8) is 0 Å². The smallest absolute Gasteiger partial charge is 0.224 e. The lowest BCUT2D eigenvalue weighted by atomic mass is 10.2. The highest BCUT2D eigenvalue weighted by atomic mass is 79.9. The number of carbonyl (C=O) groups excluding carboxylic acids is 1. The quantitative estimate of drug-likeness (QED) is 0.531. The number of hydrogen-bond acceptors (Lipinski definition) is 3. The SMILES string of the molecule is O=C(CCc1ncc(-c2ccc(Br)cc2)o1)Nc1cc(Cl)cc(Cl)c1. The summed E-state index contributed by atoms with van der Waals surface area (Å²) >= 11 is 15.2. The Labute approximate surface area is 163 Å². The van der Waals surface area contributed by atoms with Crippen molar-refractivity contribution in [1.29, 1.82) is 0 Å². The number of benzene rings is 2. The van der Waals surface area contributed by atoms with Gasteiger partial charge in [0.1, 0.15) is 0 Å². The maximum Gasteiger partial charge on any atom is 0.224 e. The van der Waals surface area contributed by atoms with E-state index in [2.05, 4.69) is 26.2 Å². The minimum absolute atomic E-state index is 0.165. The maximum absolute atomic E-state index is 12.1. The molecule has 3 rings (SSSR count). The summed E-state index contributed by atoms with van der Waals surface area (Å²) in [7, 11) is 0. The van der Waals surface area contributed by atoms with Crippen LogP contribution in [0.2, 0.25) is 10.0 Å². The molecule has 0 bridgehead atoms. The first-order chi connectivity index (χ1) is 12.0. The molecule has 1 amide bonds. The van der Waals surface area contributed by atoms with Gasteiger partial charge >= 0.3 is 0 Å². The molecule has 0 radical (unpaired) electrons. The van der Waals surface area contributed by atoms with Crippen LogP contribution in [0, 0.1) is 0 Å². The van der Waals surface area contributed by atoms with Crippen LogP contribution in [-0.2, 0) is 11.2 Å². The number of aromatic nitrogens is 1. The lowest BCUT2D eigenvalue weighted by molar-refractivity contribution is -0.116. The monoisotopic (exact) mass is 438 g/mol. The molecule has 0 aliphatic carbocycles. The van der Waals surface area contributed by atoms with Gasteiger partial charge in [-0.3, -0.25) is 4.79 Å². The lowest BCUT2D eigenvalue weighted by Crippen LogP contribution is -2.12. The number of rotatable bonds is 5. The van der Waals surface area contributed by atoms with Crippen LogP contribution in [0.3, 0.4) is 0 Å². The van der Waals surface area contributed by atoms with E-state index in [-0.39, 0.29) is 12.3 Å². The number of halogens is 3. The van der Waals surface area contributed by atoms with E-state index in [9.17, 15) is 4.79 Å². The van der Waals surface area contributed by atoms with Crippen LogP contribution in [0.25, 0.3) is 11.3 Å². The molecule has 7 heteroatoms. The molecular formula is C18H13BrCl2N2O2. The zero-order valence-electron chi connectivity index (χ0n) is 12.9. The van der Waals surface area contributed by atoms with Gasteiger partial charge < -0.3 is 9.73 Å².